The highest BCUT2D eigenvalue weighted by Gasteiger charge is 2.34. The molecule has 3 amide bonds. The number of imide groups is 1. The van der Waals surface area contributed by atoms with Gasteiger partial charge in [0.1, 0.15) is 0 Å². The van der Waals surface area contributed by atoms with Gasteiger partial charge in [-0.2, -0.15) is 0 Å². The van der Waals surface area contributed by atoms with E-state index in [4.69, 9.17) is 5.14 Å². The second kappa shape index (κ2) is 11.9. The molecule has 3 N–H and O–H groups in total. The van der Waals surface area contributed by atoms with Crippen LogP contribution in [0.4, 0.5) is 5.69 Å². The standard InChI is InChI=1S/C25H31N3O5S/c26-34(32,33)20-16-14-19(15-17-20)27-23(29)13-7-5-3-1-2-4-6-10-18-28-24(30)21-11-8-9-12-22(21)25(28)31/h8-9,11-12,14-17H,1-7,10,13,18H2,(H,27,29)(H2,26,32,33). The van der Waals surface area contributed by atoms with Crippen molar-refractivity contribution in [3.8, 4) is 0 Å². The fourth-order valence-electron chi connectivity index (χ4n) is 4.01. The molecule has 0 unspecified atom stereocenters. The van der Waals surface area contributed by atoms with Crippen LogP contribution in [0.15, 0.2) is 53.4 Å². The minimum Gasteiger partial charge on any atom is -0.326 e. The predicted molar refractivity (Wildman–Crippen MR) is 130 cm³/mol. The van der Waals surface area contributed by atoms with E-state index in [0.717, 1.165) is 51.4 Å². The molecule has 0 saturated carbocycles. The normalized spacial score (nSPS) is 13.3. The molecule has 3 rings (SSSR count). The molecule has 0 saturated heterocycles. The number of unbranched alkanes of at least 4 members (excludes halogenated alkanes) is 7. The lowest BCUT2D eigenvalue weighted by Crippen LogP contribution is -2.30. The summed E-state index contributed by atoms with van der Waals surface area (Å²) in [5.74, 6) is -0.480. The van der Waals surface area contributed by atoms with Crippen LogP contribution in [0, 0.1) is 0 Å². The van der Waals surface area contributed by atoms with Gasteiger partial charge in [0, 0.05) is 18.7 Å². The second-order valence-corrected chi connectivity index (χ2v) is 10.1. The molecular formula is C25H31N3O5S. The van der Waals surface area contributed by atoms with Crippen LogP contribution in [-0.4, -0.2) is 37.6 Å². The van der Waals surface area contributed by atoms with Crippen molar-refractivity contribution in [1.82, 2.24) is 4.90 Å². The highest BCUT2D eigenvalue weighted by atomic mass is 32.2. The fraction of sp³-hybridized carbons (Fsp3) is 0.400. The van der Waals surface area contributed by atoms with Crippen LogP contribution in [0.3, 0.4) is 0 Å². The summed E-state index contributed by atoms with van der Waals surface area (Å²) in [4.78, 5) is 38.0. The van der Waals surface area contributed by atoms with E-state index in [2.05, 4.69) is 5.32 Å². The number of sulfonamides is 1. The Bertz CT molecular complexity index is 1090. The van der Waals surface area contributed by atoms with Crippen LogP contribution >= 0.6 is 0 Å². The topological polar surface area (TPSA) is 127 Å². The van der Waals surface area contributed by atoms with Gasteiger partial charge in [0.2, 0.25) is 15.9 Å². The Morgan fingerprint density at radius 2 is 1.26 bits per heavy atom. The SMILES string of the molecule is NS(=O)(=O)c1ccc(NC(=O)CCCCCCCCCCN2C(=O)c3ccccc3C2=O)cc1. The highest BCUT2D eigenvalue weighted by Crippen LogP contribution is 2.23. The zero-order chi connectivity index (χ0) is 24.6. The number of hydrogen-bond donors (Lipinski definition) is 2. The molecule has 0 aliphatic carbocycles. The summed E-state index contributed by atoms with van der Waals surface area (Å²) in [5, 5.41) is 7.81. The number of fused-ring (bicyclic) bond motifs is 1. The van der Waals surface area contributed by atoms with E-state index < -0.39 is 10.0 Å². The van der Waals surface area contributed by atoms with Gasteiger partial charge in [-0.3, -0.25) is 19.3 Å². The molecule has 1 aliphatic rings. The first-order valence-corrected chi connectivity index (χ1v) is 13.2. The van der Waals surface area contributed by atoms with E-state index in [9.17, 15) is 22.8 Å². The number of hydrogen-bond acceptors (Lipinski definition) is 5. The van der Waals surface area contributed by atoms with Crippen molar-refractivity contribution in [1.29, 1.82) is 0 Å². The second-order valence-electron chi connectivity index (χ2n) is 8.50. The minimum absolute atomic E-state index is 0.00842. The number of carbonyl (C=O) groups excluding carboxylic acids is 3. The first-order chi connectivity index (χ1) is 16.3. The molecular weight excluding hydrogens is 454 g/mol. The molecule has 8 nitrogen and oxygen atoms in total. The Hall–Kier alpha value is -3.04. The van der Waals surface area contributed by atoms with Crippen molar-refractivity contribution in [3.63, 3.8) is 0 Å². The number of rotatable bonds is 13. The third-order valence-electron chi connectivity index (χ3n) is 5.88. The Kier molecular flexibility index (Phi) is 8.95. The maximum absolute atomic E-state index is 12.3. The first-order valence-electron chi connectivity index (χ1n) is 11.7. The molecule has 9 heteroatoms. The maximum Gasteiger partial charge on any atom is 0.261 e. The molecule has 0 aromatic heterocycles. The third-order valence-corrected chi connectivity index (χ3v) is 6.81. The molecule has 1 heterocycles. The van der Waals surface area contributed by atoms with Gasteiger partial charge in [-0.1, -0.05) is 50.7 Å². The molecule has 2 aromatic carbocycles. The maximum atomic E-state index is 12.3. The molecule has 0 fully saturated rings. The Morgan fingerprint density at radius 3 is 1.79 bits per heavy atom. The zero-order valence-corrected chi connectivity index (χ0v) is 20.0. The smallest absolute Gasteiger partial charge is 0.261 e. The Labute approximate surface area is 200 Å². The summed E-state index contributed by atoms with van der Waals surface area (Å²) in [5.41, 5.74) is 1.54. The molecule has 0 spiro atoms. The van der Waals surface area contributed by atoms with Crippen molar-refractivity contribution in [2.75, 3.05) is 11.9 Å². The molecule has 34 heavy (non-hydrogen) atoms. The quantitative estimate of drug-likeness (QED) is 0.326. The molecule has 2 aromatic rings. The van der Waals surface area contributed by atoms with Crippen molar-refractivity contribution in [3.05, 3.63) is 59.7 Å². The summed E-state index contributed by atoms with van der Waals surface area (Å²) in [6.07, 6.45) is 8.23. The minimum atomic E-state index is -3.74. The average Bonchev–Trinajstić information content (AvgIpc) is 3.05. The summed E-state index contributed by atoms with van der Waals surface area (Å²) in [6.45, 7) is 0.465. The van der Waals surface area contributed by atoms with Crippen LogP contribution in [0.2, 0.25) is 0 Å². The highest BCUT2D eigenvalue weighted by molar-refractivity contribution is 7.89. The molecule has 0 atom stereocenters. The van der Waals surface area contributed by atoms with Gasteiger partial charge in [-0.15, -0.1) is 0 Å². The largest absolute Gasteiger partial charge is 0.326 e. The van der Waals surface area contributed by atoms with E-state index in [1.54, 1.807) is 24.3 Å². The number of primary sulfonamides is 1. The number of anilines is 1. The van der Waals surface area contributed by atoms with Gasteiger partial charge in [-0.05, 0) is 49.2 Å². The number of nitrogens with two attached hydrogens (primary N) is 1. The van der Waals surface area contributed by atoms with Gasteiger partial charge >= 0.3 is 0 Å². The lowest BCUT2D eigenvalue weighted by Gasteiger charge is -2.13. The van der Waals surface area contributed by atoms with Crippen LogP contribution in [0.5, 0.6) is 0 Å². The van der Waals surface area contributed by atoms with Gasteiger partial charge in [0.25, 0.3) is 11.8 Å². The number of amides is 3. The van der Waals surface area contributed by atoms with Crippen LogP contribution < -0.4 is 10.5 Å². The average molecular weight is 486 g/mol. The number of benzene rings is 2. The van der Waals surface area contributed by atoms with E-state index in [0.29, 0.717) is 29.8 Å². The molecule has 1 aliphatic heterocycles. The first kappa shape index (κ1) is 25.6. The summed E-state index contributed by atoms with van der Waals surface area (Å²) < 4.78 is 22.5. The summed E-state index contributed by atoms with van der Waals surface area (Å²) in [6, 6.07) is 12.7. The number of nitrogens with one attached hydrogen (secondary N) is 1. The lowest BCUT2D eigenvalue weighted by atomic mass is 10.1. The summed E-state index contributed by atoms with van der Waals surface area (Å²) in [7, 11) is -3.74. The van der Waals surface area contributed by atoms with Crippen LogP contribution in [-0.2, 0) is 14.8 Å². The molecule has 182 valence electrons. The number of nitrogens with zero attached hydrogens (tertiary/aromatic N) is 1. The van der Waals surface area contributed by atoms with Gasteiger partial charge in [0.05, 0.1) is 16.0 Å². The van der Waals surface area contributed by atoms with Crippen molar-refractivity contribution >= 4 is 33.4 Å². The Morgan fingerprint density at radius 1 is 0.765 bits per heavy atom. The van der Waals surface area contributed by atoms with Gasteiger partial charge < -0.3 is 5.32 Å². The zero-order valence-electron chi connectivity index (χ0n) is 19.2. The summed E-state index contributed by atoms with van der Waals surface area (Å²) >= 11 is 0. The molecule has 0 bridgehead atoms. The van der Waals surface area contributed by atoms with Crippen molar-refractivity contribution < 1.29 is 22.8 Å². The monoisotopic (exact) mass is 485 g/mol. The van der Waals surface area contributed by atoms with Crippen molar-refractivity contribution in [2.45, 2.75) is 62.7 Å². The van der Waals surface area contributed by atoms with Crippen LogP contribution in [0.1, 0.15) is 78.5 Å². The van der Waals surface area contributed by atoms with E-state index in [-0.39, 0.29) is 22.6 Å². The third kappa shape index (κ3) is 6.98. The van der Waals surface area contributed by atoms with E-state index >= 15 is 0 Å². The predicted octanol–water partition coefficient (Wildman–Crippen LogP) is 4.08. The van der Waals surface area contributed by atoms with Gasteiger partial charge in [0.15, 0.2) is 0 Å². The van der Waals surface area contributed by atoms with Gasteiger partial charge in [-0.25, -0.2) is 13.6 Å². The van der Waals surface area contributed by atoms with Crippen molar-refractivity contribution in [2.24, 2.45) is 5.14 Å². The lowest BCUT2D eigenvalue weighted by molar-refractivity contribution is -0.116. The van der Waals surface area contributed by atoms with Crippen LogP contribution in [0.25, 0.3) is 0 Å². The van der Waals surface area contributed by atoms with E-state index in [1.807, 2.05) is 0 Å². The van der Waals surface area contributed by atoms with E-state index in [1.165, 1.54) is 29.2 Å². The molecule has 0 radical (unpaired) electrons. The number of carbonyl (C=O) groups is 3. The fourth-order valence-corrected chi connectivity index (χ4v) is 4.53. The Balaban J connectivity index is 1.20.